The van der Waals surface area contributed by atoms with Crippen molar-refractivity contribution in [2.24, 2.45) is 0 Å². The van der Waals surface area contributed by atoms with E-state index in [4.69, 9.17) is 4.74 Å². The number of nitrogens with zero attached hydrogens (tertiary/aromatic N) is 1. The van der Waals surface area contributed by atoms with Gasteiger partial charge in [0, 0.05) is 17.8 Å². The molecular weight excluding hydrogens is 288 g/mol. The number of anilines is 1. The zero-order chi connectivity index (χ0) is 16.8. The Kier molecular flexibility index (Phi) is 5.74. The number of aromatic nitrogens is 1. The summed E-state index contributed by atoms with van der Waals surface area (Å²) in [5.74, 6) is 1.27. The van der Waals surface area contributed by atoms with Crippen LogP contribution in [0.1, 0.15) is 50.0 Å². The number of pyridine rings is 1. The van der Waals surface area contributed by atoms with Crippen LogP contribution in [0.5, 0.6) is 5.75 Å². The Labute approximate surface area is 137 Å². The van der Waals surface area contributed by atoms with Gasteiger partial charge in [0.2, 0.25) is 0 Å². The summed E-state index contributed by atoms with van der Waals surface area (Å²) in [5.41, 5.74) is 1.17. The highest BCUT2D eigenvalue weighted by molar-refractivity contribution is 6.12. The predicted molar refractivity (Wildman–Crippen MR) is 93.3 cm³/mol. The highest BCUT2D eigenvalue weighted by Crippen LogP contribution is 2.21. The average molecular weight is 312 g/mol. The fourth-order valence-electron chi connectivity index (χ4n) is 2.16. The molecule has 0 fully saturated rings. The van der Waals surface area contributed by atoms with Crippen molar-refractivity contribution in [2.45, 2.75) is 46.3 Å². The van der Waals surface area contributed by atoms with E-state index in [1.54, 1.807) is 30.5 Å². The Balaban J connectivity index is 2.29. The third-order valence-corrected chi connectivity index (χ3v) is 3.49. The lowest BCUT2D eigenvalue weighted by Crippen LogP contribution is -2.15. The van der Waals surface area contributed by atoms with Gasteiger partial charge in [-0.05, 0) is 51.5 Å². The van der Waals surface area contributed by atoms with E-state index in [9.17, 15) is 4.79 Å². The molecule has 0 aliphatic heterocycles. The molecule has 0 aliphatic rings. The third kappa shape index (κ3) is 4.55. The molecule has 0 spiro atoms. The van der Waals surface area contributed by atoms with Crippen LogP contribution in [0.2, 0.25) is 0 Å². The van der Waals surface area contributed by atoms with Gasteiger partial charge < -0.3 is 10.1 Å². The first-order valence-corrected chi connectivity index (χ1v) is 8.04. The fourth-order valence-corrected chi connectivity index (χ4v) is 2.16. The molecule has 1 atom stereocenters. The van der Waals surface area contributed by atoms with E-state index in [-0.39, 0.29) is 17.9 Å². The number of benzene rings is 1. The molecule has 4 nitrogen and oxygen atoms in total. The number of carbonyl (C=O) groups excluding carboxylic acids is 1. The number of ether oxygens (including phenoxy) is 1. The van der Waals surface area contributed by atoms with Crippen molar-refractivity contribution in [3.8, 4) is 5.75 Å². The molecule has 1 N–H and O–H groups in total. The molecule has 0 radical (unpaired) electrons. The van der Waals surface area contributed by atoms with Crippen molar-refractivity contribution in [2.75, 3.05) is 5.32 Å². The van der Waals surface area contributed by atoms with Crippen molar-refractivity contribution in [1.29, 1.82) is 0 Å². The molecule has 4 heteroatoms. The fraction of sp³-hybridized carbons (Fsp3) is 0.368. The minimum Gasteiger partial charge on any atom is -0.491 e. The summed E-state index contributed by atoms with van der Waals surface area (Å²) in [6.45, 7) is 8.12. The molecule has 2 rings (SSSR count). The Morgan fingerprint density at radius 1 is 1.22 bits per heavy atom. The highest BCUT2D eigenvalue weighted by Gasteiger charge is 2.16. The number of ketones is 1. The second kappa shape index (κ2) is 7.77. The van der Waals surface area contributed by atoms with Crippen LogP contribution in [-0.2, 0) is 0 Å². The van der Waals surface area contributed by atoms with E-state index in [1.807, 2.05) is 32.9 Å². The van der Waals surface area contributed by atoms with Crippen LogP contribution in [-0.4, -0.2) is 22.9 Å². The molecule has 0 amide bonds. The molecule has 1 aromatic heterocycles. The Bertz CT molecular complexity index is 668. The standard InChI is InChI=1S/C19H24N2O2/c1-5-14(4)23-16-9-6-8-15(12-16)18(22)17-10-7-11-20-19(17)21-13(2)3/h6-14H,5H2,1-4H3,(H,20,21). The first kappa shape index (κ1) is 17.0. The molecule has 0 saturated carbocycles. The Morgan fingerprint density at radius 3 is 2.70 bits per heavy atom. The van der Waals surface area contributed by atoms with E-state index in [0.717, 1.165) is 6.42 Å². The SMILES string of the molecule is CCC(C)Oc1cccc(C(=O)c2cccnc2NC(C)C)c1. The van der Waals surface area contributed by atoms with Gasteiger partial charge in [-0.3, -0.25) is 4.79 Å². The van der Waals surface area contributed by atoms with Gasteiger partial charge in [0.25, 0.3) is 0 Å². The van der Waals surface area contributed by atoms with Crippen LogP contribution in [0.25, 0.3) is 0 Å². The monoisotopic (exact) mass is 312 g/mol. The zero-order valence-electron chi connectivity index (χ0n) is 14.2. The summed E-state index contributed by atoms with van der Waals surface area (Å²) >= 11 is 0. The number of rotatable bonds is 7. The van der Waals surface area contributed by atoms with Crippen LogP contribution in [0, 0.1) is 0 Å². The molecule has 1 unspecified atom stereocenters. The van der Waals surface area contributed by atoms with Crippen LogP contribution in [0.3, 0.4) is 0 Å². The van der Waals surface area contributed by atoms with Crippen LogP contribution < -0.4 is 10.1 Å². The molecule has 122 valence electrons. The summed E-state index contributed by atoms with van der Waals surface area (Å²) < 4.78 is 5.80. The van der Waals surface area contributed by atoms with E-state index in [1.165, 1.54) is 0 Å². The third-order valence-electron chi connectivity index (χ3n) is 3.49. The summed E-state index contributed by atoms with van der Waals surface area (Å²) in [4.78, 5) is 17.1. The van der Waals surface area contributed by atoms with Gasteiger partial charge in [0.15, 0.2) is 5.78 Å². The van der Waals surface area contributed by atoms with E-state index in [0.29, 0.717) is 22.7 Å². The zero-order valence-corrected chi connectivity index (χ0v) is 14.2. The van der Waals surface area contributed by atoms with Gasteiger partial charge in [0.1, 0.15) is 11.6 Å². The quantitative estimate of drug-likeness (QED) is 0.774. The lowest BCUT2D eigenvalue weighted by molar-refractivity contribution is 0.103. The van der Waals surface area contributed by atoms with E-state index in [2.05, 4.69) is 17.2 Å². The maximum absolute atomic E-state index is 12.8. The first-order valence-electron chi connectivity index (χ1n) is 8.04. The number of nitrogens with one attached hydrogen (secondary N) is 1. The largest absolute Gasteiger partial charge is 0.491 e. The Morgan fingerprint density at radius 2 is 2.00 bits per heavy atom. The van der Waals surface area contributed by atoms with E-state index >= 15 is 0 Å². The van der Waals surface area contributed by atoms with E-state index < -0.39 is 0 Å². The highest BCUT2D eigenvalue weighted by atomic mass is 16.5. The number of hydrogen-bond acceptors (Lipinski definition) is 4. The van der Waals surface area contributed by atoms with Crippen molar-refractivity contribution in [1.82, 2.24) is 4.98 Å². The van der Waals surface area contributed by atoms with Gasteiger partial charge in [-0.2, -0.15) is 0 Å². The molecule has 1 aromatic carbocycles. The van der Waals surface area contributed by atoms with Crippen LogP contribution in [0.4, 0.5) is 5.82 Å². The normalized spacial score (nSPS) is 12.0. The number of hydrogen-bond donors (Lipinski definition) is 1. The van der Waals surface area contributed by atoms with Gasteiger partial charge in [-0.1, -0.05) is 19.1 Å². The summed E-state index contributed by atoms with van der Waals surface area (Å²) in [7, 11) is 0. The summed E-state index contributed by atoms with van der Waals surface area (Å²) in [6.07, 6.45) is 2.73. The van der Waals surface area contributed by atoms with Crippen molar-refractivity contribution >= 4 is 11.6 Å². The molecule has 0 aliphatic carbocycles. The smallest absolute Gasteiger partial charge is 0.196 e. The topological polar surface area (TPSA) is 51.2 Å². The van der Waals surface area contributed by atoms with Crippen molar-refractivity contribution < 1.29 is 9.53 Å². The minimum atomic E-state index is -0.0594. The van der Waals surface area contributed by atoms with Gasteiger partial charge >= 0.3 is 0 Å². The maximum Gasteiger partial charge on any atom is 0.196 e. The lowest BCUT2D eigenvalue weighted by Gasteiger charge is -2.14. The van der Waals surface area contributed by atoms with Gasteiger partial charge in [-0.25, -0.2) is 4.98 Å². The van der Waals surface area contributed by atoms with Gasteiger partial charge in [0.05, 0.1) is 11.7 Å². The van der Waals surface area contributed by atoms with Gasteiger partial charge in [-0.15, -0.1) is 0 Å². The Hall–Kier alpha value is -2.36. The second-order valence-electron chi connectivity index (χ2n) is 5.89. The summed E-state index contributed by atoms with van der Waals surface area (Å²) in [6, 6.07) is 11.1. The molecule has 2 aromatic rings. The van der Waals surface area contributed by atoms with Crippen LogP contribution >= 0.6 is 0 Å². The molecule has 0 bridgehead atoms. The minimum absolute atomic E-state index is 0.0594. The number of carbonyl (C=O) groups is 1. The lowest BCUT2D eigenvalue weighted by atomic mass is 10.0. The summed E-state index contributed by atoms with van der Waals surface area (Å²) in [5, 5.41) is 3.22. The first-order chi connectivity index (χ1) is 11.0. The van der Waals surface area contributed by atoms with Crippen LogP contribution in [0.15, 0.2) is 42.6 Å². The maximum atomic E-state index is 12.8. The molecule has 1 heterocycles. The van der Waals surface area contributed by atoms with Crippen molar-refractivity contribution in [3.05, 3.63) is 53.7 Å². The van der Waals surface area contributed by atoms with Crippen molar-refractivity contribution in [3.63, 3.8) is 0 Å². The second-order valence-corrected chi connectivity index (χ2v) is 5.89. The predicted octanol–water partition coefficient (Wildman–Crippen LogP) is 4.31. The average Bonchev–Trinajstić information content (AvgIpc) is 2.54. The molecule has 23 heavy (non-hydrogen) atoms. The molecule has 0 saturated heterocycles. The molecular formula is C19H24N2O2.